The smallest absolute Gasteiger partial charge is 0.330 e. The molecule has 0 radical (unpaired) electrons. The molecule has 0 saturated carbocycles. The third-order valence-electron chi connectivity index (χ3n) is 5.12. The van der Waals surface area contributed by atoms with E-state index in [2.05, 4.69) is 31.1 Å². The number of carbonyl (C=O) groups is 1. The highest BCUT2D eigenvalue weighted by molar-refractivity contribution is 7.18. The second-order valence-electron chi connectivity index (χ2n) is 7.76. The van der Waals surface area contributed by atoms with Crippen LogP contribution in [0.1, 0.15) is 57.5 Å². The molecule has 2 heterocycles. The van der Waals surface area contributed by atoms with E-state index in [9.17, 15) is 9.59 Å². The average molecular weight is 363 g/mol. The normalized spacial score (nSPS) is 18.8. The number of ether oxygens (including phenoxy) is 1. The molecule has 0 bridgehead atoms. The van der Waals surface area contributed by atoms with Crippen LogP contribution in [-0.4, -0.2) is 27.6 Å². The number of fused-ring (bicyclic) bond motifs is 3. The Kier molecular flexibility index (Phi) is 4.70. The lowest BCUT2D eigenvalue weighted by molar-refractivity contribution is -0.147. The van der Waals surface area contributed by atoms with E-state index in [1.807, 2.05) is 0 Å². The van der Waals surface area contributed by atoms with Crippen LogP contribution in [-0.2, 0) is 22.4 Å². The molecular weight excluding hydrogens is 338 g/mol. The molecule has 7 heteroatoms. The fraction of sp³-hybridized carbons (Fsp3) is 0.667. The summed E-state index contributed by atoms with van der Waals surface area (Å²) in [5, 5.41) is 8.84. The third-order valence-corrected chi connectivity index (χ3v) is 6.26. The van der Waals surface area contributed by atoms with E-state index in [0.29, 0.717) is 16.1 Å². The van der Waals surface area contributed by atoms with Crippen LogP contribution < -0.4 is 5.56 Å². The molecule has 6 nitrogen and oxygen atoms in total. The quantitative estimate of drug-likeness (QED) is 0.783. The number of rotatable bonds is 3. The van der Waals surface area contributed by atoms with Crippen molar-refractivity contribution in [1.29, 1.82) is 0 Å². The summed E-state index contributed by atoms with van der Waals surface area (Å²) in [4.78, 5) is 26.8. The zero-order valence-corrected chi connectivity index (χ0v) is 16.3. The van der Waals surface area contributed by atoms with E-state index in [1.54, 1.807) is 25.2 Å². The fourth-order valence-electron chi connectivity index (χ4n) is 3.46. The van der Waals surface area contributed by atoms with Gasteiger partial charge in [-0.3, -0.25) is 4.79 Å². The van der Waals surface area contributed by atoms with Crippen molar-refractivity contribution in [3.63, 3.8) is 0 Å². The van der Waals surface area contributed by atoms with Gasteiger partial charge < -0.3 is 4.74 Å². The molecule has 0 aromatic carbocycles. The number of esters is 1. The molecule has 25 heavy (non-hydrogen) atoms. The zero-order valence-electron chi connectivity index (χ0n) is 15.5. The van der Waals surface area contributed by atoms with Crippen LogP contribution in [0.25, 0.3) is 10.2 Å². The number of nitrogens with zero attached hydrogens (tertiary/aromatic N) is 3. The minimum absolute atomic E-state index is 0.239. The van der Waals surface area contributed by atoms with E-state index in [4.69, 9.17) is 4.74 Å². The first kappa shape index (κ1) is 18.0. The van der Waals surface area contributed by atoms with Crippen LogP contribution in [0.2, 0.25) is 0 Å². The van der Waals surface area contributed by atoms with Crippen LogP contribution in [0.5, 0.6) is 0 Å². The molecule has 1 aliphatic rings. The van der Waals surface area contributed by atoms with Crippen molar-refractivity contribution in [1.82, 2.24) is 15.0 Å². The second-order valence-corrected chi connectivity index (χ2v) is 8.84. The maximum absolute atomic E-state index is 12.9. The largest absolute Gasteiger partial charge is 0.464 e. The molecule has 2 atom stereocenters. The number of hydrogen-bond acceptors (Lipinski definition) is 6. The highest BCUT2D eigenvalue weighted by Gasteiger charge is 2.32. The van der Waals surface area contributed by atoms with E-state index in [0.717, 1.165) is 29.5 Å². The van der Waals surface area contributed by atoms with Gasteiger partial charge in [0.1, 0.15) is 0 Å². The summed E-state index contributed by atoms with van der Waals surface area (Å²) in [6.45, 7) is 10.4. The van der Waals surface area contributed by atoms with Gasteiger partial charge in [-0.25, -0.2) is 4.79 Å². The lowest BCUT2D eigenvalue weighted by Gasteiger charge is -2.33. The molecule has 0 unspecified atom stereocenters. The zero-order chi connectivity index (χ0) is 18.4. The molecule has 0 spiro atoms. The lowest BCUT2D eigenvalue weighted by atomic mass is 9.72. The highest BCUT2D eigenvalue weighted by Crippen LogP contribution is 2.41. The molecule has 3 rings (SSSR count). The Labute approximate surface area is 151 Å². The third kappa shape index (κ3) is 3.21. The first-order chi connectivity index (χ1) is 11.7. The molecule has 2 aromatic heterocycles. The molecule has 0 saturated heterocycles. The summed E-state index contributed by atoms with van der Waals surface area (Å²) in [7, 11) is 0. The van der Waals surface area contributed by atoms with Crippen molar-refractivity contribution in [2.24, 2.45) is 11.3 Å². The van der Waals surface area contributed by atoms with Crippen molar-refractivity contribution in [3.8, 4) is 0 Å². The molecule has 136 valence electrons. The lowest BCUT2D eigenvalue weighted by Crippen LogP contribution is -2.32. The molecular formula is C18H25N3O3S. The van der Waals surface area contributed by atoms with Gasteiger partial charge in [-0.2, -0.15) is 4.68 Å². The van der Waals surface area contributed by atoms with E-state index in [1.165, 1.54) is 4.88 Å². The Morgan fingerprint density at radius 2 is 2.16 bits per heavy atom. The van der Waals surface area contributed by atoms with Gasteiger partial charge in [0.15, 0.2) is 10.9 Å². The Balaban J connectivity index is 2.04. The van der Waals surface area contributed by atoms with Gasteiger partial charge in [0.05, 0.1) is 12.0 Å². The Hall–Kier alpha value is -1.76. The van der Waals surface area contributed by atoms with Gasteiger partial charge in [-0.05, 0) is 50.0 Å². The molecule has 1 aliphatic carbocycles. The van der Waals surface area contributed by atoms with Crippen LogP contribution in [0.15, 0.2) is 4.79 Å². The minimum atomic E-state index is -0.772. The van der Waals surface area contributed by atoms with Crippen LogP contribution >= 0.6 is 11.3 Å². The molecule has 0 fully saturated rings. The second kappa shape index (κ2) is 6.52. The summed E-state index contributed by atoms with van der Waals surface area (Å²) < 4.78 is 6.16. The molecule has 2 aromatic rings. The maximum Gasteiger partial charge on any atom is 0.330 e. The molecule has 0 N–H and O–H groups in total. The topological polar surface area (TPSA) is 74.1 Å². The first-order valence-electron chi connectivity index (χ1n) is 8.80. The maximum atomic E-state index is 12.9. The van der Waals surface area contributed by atoms with Crippen molar-refractivity contribution in [3.05, 3.63) is 20.8 Å². The molecule has 0 aliphatic heterocycles. The average Bonchev–Trinajstić information content (AvgIpc) is 2.92. The number of carbonyl (C=O) groups excluding carboxylic acids is 1. The van der Waals surface area contributed by atoms with Crippen LogP contribution in [0, 0.1) is 11.3 Å². The van der Waals surface area contributed by atoms with Crippen LogP contribution in [0.4, 0.5) is 0 Å². The summed E-state index contributed by atoms with van der Waals surface area (Å²) in [5.74, 6) is 0.136. The number of aromatic nitrogens is 3. The summed E-state index contributed by atoms with van der Waals surface area (Å²) in [6.07, 6.45) is 2.93. The van der Waals surface area contributed by atoms with E-state index in [-0.39, 0.29) is 17.6 Å². The number of hydrogen-bond donors (Lipinski definition) is 0. The van der Waals surface area contributed by atoms with Crippen LogP contribution in [0.3, 0.4) is 0 Å². The van der Waals surface area contributed by atoms with Crippen molar-refractivity contribution in [2.75, 3.05) is 6.61 Å². The Bertz CT molecular complexity index is 863. The van der Waals surface area contributed by atoms with Gasteiger partial charge in [0.2, 0.25) is 0 Å². The summed E-state index contributed by atoms with van der Waals surface area (Å²) >= 11 is 1.57. The minimum Gasteiger partial charge on any atom is -0.464 e. The van der Waals surface area contributed by atoms with Crippen molar-refractivity contribution >= 4 is 27.5 Å². The predicted octanol–water partition coefficient (Wildman–Crippen LogP) is 3.13. The van der Waals surface area contributed by atoms with Gasteiger partial charge >= 0.3 is 5.97 Å². The summed E-state index contributed by atoms with van der Waals surface area (Å²) in [6, 6.07) is -0.772. The highest BCUT2D eigenvalue weighted by atomic mass is 32.1. The van der Waals surface area contributed by atoms with Gasteiger partial charge in [0, 0.05) is 4.88 Å². The SMILES string of the molecule is CCOC(=O)[C@@H](C)n1nnc2sc3c(c2c1=O)CC[C@H](C(C)(C)C)C3. The standard InChI is InChI=1S/C18H25N3O3S/c1-6-24-17(23)10(2)21-16(22)14-12-8-7-11(18(3,4)5)9-13(12)25-15(14)19-20-21/h10-11H,6-9H2,1-5H3/t10-,11+/m1/s1. The van der Waals surface area contributed by atoms with Crippen molar-refractivity contribution in [2.45, 2.75) is 59.9 Å². The first-order valence-corrected chi connectivity index (χ1v) is 9.62. The van der Waals surface area contributed by atoms with Gasteiger partial charge in [-0.15, -0.1) is 16.4 Å². The summed E-state index contributed by atoms with van der Waals surface area (Å²) in [5.41, 5.74) is 1.11. The predicted molar refractivity (Wildman–Crippen MR) is 98.0 cm³/mol. The Morgan fingerprint density at radius 3 is 2.80 bits per heavy atom. The Morgan fingerprint density at radius 1 is 1.44 bits per heavy atom. The van der Waals surface area contributed by atoms with E-state index >= 15 is 0 Å². The monoisotopic (exact) mass is 363 g/mol. The fourth-order valence-corrected chi connectivity index (χ4v) is 4.70. The van der Waals surface area contributed by atoms with Crippen molar-refractivity contribution < 1.29 is 9.53 Å². The molecule has 0 amide bonds. The van der Waals surface area contributed by atoms with Gasteiger partial charge in [-0.1, -0.05) is 26.0 Å². The number of aryl methyl sites for hydroxylation is 1. The number of thiophene rings is 1. The van der Waals surface area contributed by atoms with E-state index < -0.39 is 12.0 Å². The van der Waals surface area contributed by atoms with Gasteiger partial charge in [0.25, 0.3) is 5.56 Å².